The Bertz CT molecular complexity index is 2420. The highest BCUT2D eigenvalue weighted by Crippen LogP contribution is 2.51. The van der Waals surface area contributed by atoms with E-state index in [0.29, 0.717) is 23.0 Å². The van der Waals surface area contributed by atoms with Gasteiger partial charge in [0.2, 0.25) is 0 Å². The van der Waals surface area contributed by atoms with Gasteiger partial charge in [-0.2, -0.15) is 0 Å². The molecule has 51 heavy (non-hydrogen) atoms. The molecule has 0 amide bonds. The molecule has 0 aliphatic heterocycles. The molecular formula is C47H31N3O. The lowest BCUT2D eigenvalue weighted by atomic mass is 9.59. The molecule has 0 radical (unpaired) electrons. The highest BCUT2D eigenvalue weighted by atomic mass is 16.1. The van der Waals surface area contributed by atoms with Crippen LogP contribution in [0.2, 0.25) is 0 Å². The third kappa shape index (κ3) is 5.17. The summed E-state index contributed by atoms with van der Waals surface area (Å²) in [6.07, 6.45) is 0. The lowest BCUT2D eigenvalue weighted by Gasteiger charge is -2.41. The second-order valence-corrected chi connectivity index (χ2v) is 12.7. The maximum atomic E-state index is 14.4. The van der Waals surface area contributed by atoms with E-state index in [-0.39, 0.29) is 5.78 Å². The minimum atomic E-state index is -0.656. The minimum absolute atomic E-state index is 0.0358. The second kappa shape index (κ2) is 12.6. The molecule has 0 atom stereocenters. The van der Waals surface area contributed by atoms with Crippen molar-refractivity contribution in [1.29, 1.82) is 0 Å². The van der Waals surface area contributed by atoms with Gasteiger partial charge in [0.05, 0.1) is 5.41 Å². The van der Waals surface area contributed by atoms with E-state index in [0.717, 1.165) is 55.6 Å². The summed E-state index contributed by atoms with van der Waals surface area (Å²) < 4.78 is 0. The van der Waals surface area contributed by atoms with Crippen molar-refractivity contribution >= 4 is 5.78 Å². The van der Waals surface area contributed by atoms with Gasteiger partial charge in [-0.05, 0) is 39.4 Å². The van der Waals surface area contributed by atoms with Crippen molar-refractivity contribution in [3.63, 3.8) is 0 Å². The molecule has 7 aromatic carbocycles. The zero-order chi connectivity index (χ0) is 34.2. The zero-order valence-electron chi connectivity index (χ0n) is 27.6. The maximum absolute atomic E-state index is 14.4. The van der Waals surface area contributed by atoms with Crippen LogP contribution in [-0.2, 0) is 5.41 Å². The van der Waals surface area contributed by atoms with E-state index in [1.54, 1.807) is 0 Å². The molecule has 8 aromatic rings. The van der Waals surface area contributed by atoms with Crippen LogP contribution in [0.3, 0.4) is 0 Å². The zero-order valence-corrected chi connectivity index (χ0v) is 27.6. The number of benzene rings is 7. The van der Waals surface area contributed by atoms with E-state index < -0.39 is 5.41 Å². The fraction of sp³-hybridized carbons (Fsp3) is 0.0213. The number of nitrogens with zero attached hydrogens (tertiary/aromatic N) is 3. The van der Waals surface area contributed by atoms with Gasteiger partial charge in [0.15, 0.2) is 23.3 Å². The molecule has 4 nitrogen and oxygen atoms in total. The number of hydrogen-bond acceptors (Lipinski definition) is 4. The Kier molecular flexibility index (Phi) is 7.48. The van der Waals surface area contributed by atoms with Gasteiger partial charge in [0.1, 0.15) is 0 Å². The van der Waals surface area contributed by atoms with Crippen molar-refractivity contribution in [3.05, 3.63) is 221 Å². The van der Waals surface area contributed by atoms with Crippen LogP contribution in [-0.4, -0.2) is 20.7 Å². The summed E-state index contributed by atoms with van der Waals surface area (Å²) in [5, 5.41) is 0. The van der Waals surface area contributed by atoms with Crippen molar-refractivity contribution in [1.82, 2.24) is 15.0 Å². The summed E-state index contributed by atoms with van der Waals surface area (Å²) >= 11 is 0. The largest absolute Gasteiger partial charge is 0.289 e. The van der Waals surface area contributed by atoms with Crippen molar-refractivity contribution in [2.75, 3.05) is 0 Å². The molecular weight excluding hydrogens is 623 g/mol. The highest BCUT2D eigenvalue weighted by Gasteiger charge is 2.46. The first-order valence-corrected chi connectivity index (χ1v) is 17.1. The van der Waals surface area contributed by atoms with E-state index in [4.69, 9.17) is 15.0 Å². The summed E-state index contributed by atoms with van der Waals surface area (Å²) in [5.74, 6) is 1.88. The van der Waals surface area contributed by atoms with Crippen LogP contribution in [0.1, 0.15) is 38.2 Å². The summed E-state index contributed by atoms with van der Waals surface area (Å²) in [7, 11) is 0. The summed E-state index contributed by atoms with van der Waals surface area (Å²) in [6, 6.07) is 63.7. The van der Waals surface area contributed by atoms with Crippen LogP contribution >= 0.6 is 0 Å². The second-order valence-electron chi connectivity index (χ2n) is 12.7. The fourth-order valence-corrected chi connectivity index (χ4v) is 7.45. The van der Waals surface area contributed by atoms with Gasteiger partial charge in [-0.25, -0.2) is 15.0 Å². The molecule has 0 saturated carbocycles. The van der Waals surface area contributed by atoms with Gasteiger partial charge in [-0.3, -0.25) is 4.79 Å². The molecule has 1 aromatic heterocycles. The average molecular weight is 654 g/mol. The normalized spacial score (nSPS) is 12.9. The Balaban J connectivity index is 1.16. The first-order chi connectivity index (χ1) is 25.2. The molecule has 0 saturated heterocycles. The van der Waals surface area contributed by atoms with Crippen LogP contribution in [0.15, 0.2) is 188 Å². The molecule has 9 rings (SSSR count). The Hall–Kier alpha value is -6.78. The number of aromatic nitrogens is 3. The van der Waals surface area contributed by atoms with Crippen LogP contribution in [0, 0.1) is 0 Å². The molecule has 0 bridgehead atoms. The molecule has 1 heterocycles. The molecule has 0 fully saturated rings. The number of fused-ring (bicyclic) bond motifs is 2. The Morgan fingerprint density at radius 1 is 0.333 bits per heavy atom. The molecule has 1 aliphatic rings. The van der Waals surface area contributed by atoms with Gasteiger partial charge < -0.3 is 0 Å². The van der Waals surface area contributed by atoms with Gasteiger partial charge in [0, 0.05) is 27.8 Å². The predicted molar refractivity (Wildman–Crippen MR) is 203 cm³/mol. The van der Waals surface area contributed by atoms with Gasteiger partial charge in [-0.15, -0.1) is 0 Å². The van der Waals surface area contributed by atoms with Crippen LogP contribution in [0.4, 0.5) is 0 Å². The molecule has 0 spiro atoms. The molecule has 0 N–H and O–H groups in total. The number of carbonyl (C=O) groups excluding carboxylic acids is 1. The smallest absolute Gasteiger partial charge is 0.193 e. The monoisotopic (exact) mass is 653 g/mol. The lowest BCUT2D eigenvalue weighted by molar-refractivity contribution is 0.103. The van der Waals surface area contributed by atoms with Crippen molar-refractivity contribution in [2.24, 2.45) is 0 Å². The first kappa shape index (κ1) is 30.3. The summed E-state index contributed by atoms with van der Waals surface area (Å²) in [4.78, 5) is 29.0. The van der Waals surface area contributed by atoms with Gasteiger partial charge in [0.25, 0.3) is 0 Å². The molecule has 1 aliphatic carbocycles. The summed E-state index contributed by atoms with van der Waals surface area (Å²) in [6.45, 7) is 0. The Morgan fingerprint density at radius 3 is 1.25 bits per heavy atom. The first-order valence-electron chi connectivity index (χ1n) is 17.1. The molecule has 4 heteroatoms. The Morgan fingerprint density at radius 2 is 0.725 bits per heavy atom. The molecule has 240 valence electrons. The van der Waals surface area contributed by atoms with E-state index in [9.17, 15) is 4.79 Å². The topological polar surface area (TPSA) is 55.7 Å². The van der Waals surface area contributed by atoms with Crippen LogP contribution < -0.4 is 0 Å². The van der Waals surface area contributed by atoms with Gasteiger partial charge in [-0.1, -0.05) is 182 Å². The Labute approximate surface area is 296 Å². The average Bonchev–Trinajstić information content (AvgIpc) is 3.22. The number of ketones is 1. The standard InChI is InChI=1S/C47H31N3O/c51-43-39-23-13-14-24-41(39)47(37-19-9-3-10-20-37,38-21-11-4-12-22-38)42-30-29-36(31-40(42)43)32-25-27-35(28-26-32)46-49-44(33-15-5-1-6-16-33)48-45(50-46)34-17-7-2-8-18-34/h1-31H. The third-order valence-electron chi connectivity index (χ3n) is 9.83. The third-order valence-corrected chi connectivity index (χ3v) is 9.83. The van der Waals surface area contributed by atoms with Crippen molar-refractivity contribution < 1.29 is 4.79 Å². The maximum Gasteiger partial charge on any atom is 0.193 e. The van der Waals surface area contributed by atoms with Gasteiger partial charge >= 0.3 is 0 Å². The quantitative estimate of drug-likeness (QED) is 0.179. The van der Waals surface area contributed by atoms with E-state index in [2.05, 4.69) is 84.9 Å². The minimum Gasteiger partial charge on any atom is -0.289 e. The summed E-state index contributed by atoms with van der Waals surface area (Å²) in [5.41, 5.74) is 9.70. The highest BCUT2D eigenvalue weighted by molar-refractivity contribution is 6.14. The van der Waals surface area contributed by atoms with E-state index in [1.165, 1.54) is 0 Å². The van der Waals surface area contributed by atoms with E-state index >= 15 is 0 Å². The number of hydrogen-bond donors (Lipinski definition) is 0. The van der Waals surface area contributed by atoms with Crippen LogP contribution in [0.25, 0.3) is 45.3 Å². The molecule has 0 unspecified atom stereocenters. The SMILES string of the molecule is O=C1c2ccccc2C(c2ccccc2)(c2ccccc2)c2ccc(-c3ccc(-c4nc(-c5ccccc5)nc(-c5ccccc5)n4)cc3)cc21. The number of rotatable bonds is 6. The van der Waals surface area contributed by atoms with E-state index in [1.807, 2.05) is 103 Å². The van der Waals surface area contributed by atoms with Crippen molar-refractivity contribution in [3.8, 4) is 45.3 Å². The fourth-order valence-electron chi connectivity index (χ4n) is 7.45. The predicted octanol–water partition coefficient (Wildman–Crippen LogP) is 10.5. The number of carbonyl (C=O) groups is 1. The van der Waals surface area contributed by atoms with Crippen LogP contribution in [0.5, 0.6) is 0 Å². The van der Waals surface area contributed by atoms with Crippen molar-refractivity contribution in [2.45, 2.75) is 5.41 Å². The lowest BCUT2D eigenvalue weighted by Crippen LogP contribution is -2.38.